The molecule has 0 unspecified atom stereocenters. The zero-order valence-corrected chi connectivity index (χ0v) is 15.3. The van der Waals surface area contributed by atoms with Crippen molar-refractivity contribution in [2.45, 2.75) is 6.54 Å². The number of para-hydroxylation sites is 1. The molecular formula is C18H26N6O. The summed E-state index contributed by atoms with van der Waals surface area (Å²) in [5.74, 6) is 0.800. The highest BCUT2D eigenvalue weighted by atomic mass is 16.3. The molecule has 2 N–H and O–H groups in total. The number of fused-ring (bicyclic) bond motifs is 3. The first-order valence-electron chi connectivity index (χ1n) is 8.51. The third-order valence-electron chi connectivity index (χ3n) is 4.37. The maximum Gasteiger partial charge on any atom is 0.295 e. The van der Waals surface area contributed by atoms with Gasteiger partial charge in [-0.3, -0.25) is 4.57 Å². The van der Waals surface area contributed by atoms with Crippen LogP contribution in [-0.4, -0.2) is 72.4 Å². The normalized spacial score (nSPS) is 11.7. The lowest BCUT2D eigenvalue weighted by molar-refractivity contribution is 0.401. The van der Waals surface area contributed by atoms with Crippen molar-refractivity contribution in [2.24, 2.45) is 0 Å². The van der Waals surface area contributed by atoms with Crippen molar-refractivity contribution in [3.8, 4) is 6.01 Å². The fourth-order valence-electron chi connectivity index (χ4n) is 2.97. The Bertz CT molecular complexity index is 873. The number of likely N-dealkylation sites (N-methyl/N-ethyl adjacent to an activating group) is 3. The quantitative estimate of drug-likeness (QED) is 0.678. The van der Waals surface area contributed by atoms with Gasteiger partial charge < -0.3 is 20.2 Å². The second kappa shape index (κ2) is 7.25. The van der Waals surface area contributed by atoms with Gasteiger partial charge in [-0.2, -0.15) is 4.98 Å². The number of aromatic nitrogens is 3. The monoisotopic (exact) mass is 342 g/mol. The molecule has 1 aromatic carbocycles. The summed E-state index contributed by atoms with van der Waals surface area (Å²) in [7, 11) is 8.02. The van der Waals surface area contributed by atoms with E-state index < -0.39 is 0 Å². The summed E-state index contributed by atoms with van der Waals surface area (Å²) in [4.78, 5) is 13.5. The van der Waals surface area contributed by atoms with Crippen LogP contribution in [0.3, 0.4) is 0 Å². The molecule has 0 bridgehead atoms. The molecule has 0 fully saturated rings. The Balaban J connectivity index is 2.19. The molecule has 0 saturated heterocycles. The molecule has 0 saturated carbocycles. The highest BCUT2D eigenvalue weighted by Gasteiger charge is 2.19. The number of nitrogens with zero attached hydrogens (tertiary/aromatic N) is 5. The van der Waals surface area contributed by atoms with E-state index in [0.717, 1.165) is 47.4 Å². The zero-order chi connectivity index (χ0) is 18.0. The van der Waals surface area contributed by atoms with E-state index in [-0.39, 0.29) is 6.01 Å². The number of imidazole rings is 1. The number of benzene rings is 1. The van der Waals surface area contributed by atoms with Crippen LogP contribution in [0.4, 0.5) is 5.82 Å². The fourth-order valence-corrected chi connectivity index (χ4v) is 2.97. The van der Waals surface area contributed by atoms with Crippen molar-refractivity contribution in [1.82, 2.24) is 24.8 Å². The lowest BCUT2D eigenvalue weighted by Crippen LogP contribution is -2.29. The Labute approximate surface area is 147 Å². The Kier molecular flexibility index (Phi) is 5.06. The molecule has 0 radical (unpaired) electrons. The van der Waals surface area contributed by atoms with Gasteiger partial charge in [0.05, 0.1) is 11.0 Å². The number of nitrogens with one attached hydrogen (secondary N) is 1. The first-order valence-corrected chi connectivity index (χ1v) is 8.51. The molecule has 0 amide bonds. The van der Waals surface area contributed by atoms with E-state index in [0.29, 0.717) is 6.54 Å². The first kappa shape index (κ1) is 17.4. The van der Waals surface area contributed by atoms with Crippen molar-refractivity contribution in [3.63, 3.8) is 0 Å². The molecular weight excluding hydrogens is 316 g/mol. The van der Waals surface area contributed by atoms with Crippen LogP contribution in [0, 0.1) is 0 Å². The van der Waals surface area contributed by atoms with E-state index in [1.807, 2.05) is 42.9 Å². The predicted molar refractivity (Wildman–Crippen MR) is 102 cm³/mol. The minimum Gasteiger partial charge on any atom is -0.480 e. The molecule has 0 aliphatic carbocycles. The molecule has 3 rings (SSSR count). The van der Waals surface area contributed by atoms with Gasteiger partial charge in [-0.05, 0) is 27.2 Å². The molecule has 0 aliphatic rings. The third kappa shape index (κ3) is 3.38. The second-order valence-electron chi connectivity index (χ2n) is 6.54. The largest absolute Gasteiger partial charge is 0.480 e. The van der Waals surface area contributed by atoms with E-state index in [2.05, 4.69) is 34.2 Å². The van der Waals surface area contributed by atoms with Crippen molar-refractivity contribution in [3.05, 3.63) is 24.3 Å². The lowest BCUT2D eigenvalue weighted by atomic mass is 10.2. The number of anilines is 1. The molecule has 134 valence electrons. The van der Waals surface area contributed by atoms with Crippen molar-refractivity contribution in [2.75, 3.05) is 52.7 Å². The third-order valence-corrected chi connectivity index (χ3v) is 4.37. The summed E-state index contributed by atoms with van der Waals surface area (Å²) in [6.45, 7) is 3.14. The number of aromatic hydroxyl groups is 1. The lowest BCUT2D eigenvalue weighted by Gasteiger charge is -2.21. The Morgan fingerprint density at radius 1 is 1.12 bits per heavy atom. The second-order valence-corrected chi connectivity index (χ2v) is 6.54. The highest BCUT2D eigenvalue weighted by molar-refractivity contribution is 6.07. The van der Waals surface area contributed by atoms with E-state index in [1.165, 1.54) is 0 Å². The highest BCUT2D eigenvalue weighted by Crippen LogP contribution is 2.33. The molecule has 2 aromatic heterocycles. The van der Waals surface area contributed by atoms with Gasteiger partial charge in [-0.15, -0.1) is 0 Å². The summed E-state index contributed by atoms with van der Waals surface area (Å²) >= 11 is 0. The zero-order valence-electron chi connectivity index (χ0n) is 15.3. The van der Waals surface area contributed by atoms with Gasteiger partial charge >= 0.3 is 0 Å². The van der Waals surface area contributed by atoms with Crippen LogP contribution in [0.15, 0.2) is 24.3 Å². The van der Waals surface area contributed by atoms with Gasteiger partial charge in [-0.1, -0.05) is 18.2 Å². The Morgan fingerprint density at radius 2 is 1.88 bits per heavy atom. The van der Waals surface area contributed by atoms with Gasteiger partial charge in [0, 0.05) is 38.6 Å². The maximum absolute atomic E-state index is 10.4. The number of rotatable bonds is 7. The Morgan fingerprint density at radius 3 is 2.60 bits per heavy atom. The van der Waals surface area contributed by atoms with Crippen LogP contribution in [-0.2, 0) is 6.54 Å². The van der Waals surface area contributed by atoms with Crippen molar-refractivity contribution >= 4 is 27.8 Å². The van der Waals surface area contributed by atoms with Crippen LogP contribution >= 0.6 is 0 Å². The van der Waals surface area contributed by atoms with Crippen LogP contribution in [0.1, 0.15) is 0 Å². The van der Waals surface area contributed by atoms with E-state index in [4.69, 9.17) is 4.98 Å². The molecule has 7 nitrogen and oxygen atoms in total. The van der Waals surface area contributed by atoms with Gasteiger partial charge in [0.2, 0.25) is 0 Å². The topological polar surface area (TPSA) is 69.5 Å². The fraction of sp³-hybridized carbons (Fsp3) is 0.444. The number of hydrogen-bond acceptors (Lipinski definition) is 6. The standard InChI is InChI=1S/C18H26N6O/c1-19-9-10-24-16-13-7-5-6-8-14(13)20-17(15(16)21-18(24)25)23(4)12-11-22(2)3/h5-8,19H,9-12H2,1-4H3,(H,21,25). The summed E-state index contributed by atoms with van der Waals surface area (Å²) in [5.41, 5.74) is 2.59. The SMILES string of the molecule is CNCCn1c(O)nc2c(N(C)CCN(C)C)nc3ccccc3c21. The van der Waals surface area contributed by atoms with Gasteiger partial charge in [0.15, 0.2) is 5.82 Å². The maximum atomic E-state index is 10.4. The summed E-state index contributed by atoms with van der Waals surface area (Å²) in [6, 6.07) is 8.05. The summed E-state index contributed by atoms with van der Waals surface area (Å²) in [6.07, 6.45) is 0. The Hall–Kier alpha value is -2.38. The summed E-state index contributed by atoms with van der Waals surface area (Å²) in [5, 5.41) is 14.5. The minimum atomic E-state index is 0.0330. The molecule has 0 atom stereocenters. The smallest absolute Gasteiger partial charge is 0.295 e. The van der Waals surface area contributed by atoms with Gasteiger partial charge in [0.1, 0.15) is 5.52 Å². The molecule has 25 heavy (non-hydrogen) atoms. The number of hydrogen-bond donors (Lipinski definition) is 2. The van der Waals surface area contributed by atoms with Crippen molar-refractivity contribution < 1.29 is 5.11 Å². The van der Waals surface area contributed by atoms with Crippen LogP contribution < -0.4 is 10.2 Å². The molecule has 0 aliphatic heterocycles. The van der Waals surface area contributed by atoms with Crippen LogP contribution in [0.5, 0.6) is 6.01 Å². The first-order chi connectivity index (χ1) is 12.0. The van der Waals surface area contributed by atoms with Gasteiger partial charge in [0.25, 0.3) is 6.01 Å². The van der Waals surface area contributed by atoms with E-state index in [9.17, 15) is 5.11 Å². The van der Waals surface area contributed by atoms with Crippen LogP contribution in [0.2, 0.25) is 0 Å². The predicted octanol–water partition coefficient (Wildman–Crippen LogP) is 1.51. The molecule has 2 heterocycles. The molecule has 3 aromatic rings. The molecule has 0 spiro atoms. The van der Waals surface area contributed by atoms with Crippen molar-refractivity contribution in [1.29, 1.82) is 0 Å². The molecule has 7 heteroatoms. The summed E-state index contributed by atoms with van der Waals surface area (Å²) < 4.78 is 1.86. The van der Waals surface area contributed by atoms with Crippen LogP contribution in [0.25, 0.3) is 21.9 Å². The number of pyridine rings is 1. The van der Waals surface area contributed by atoms with E-state index in [1.54, 1.807) is 0 Å². The van der Waals surface area contributed by atoms with E-state index >= 15 is 0 Å². The van der Waals surface area contributed by atoms with Gasteiger partial charge in [-0.25, -0.2) is 4.98 Å². The average Bonchev–Trinajstić information content (AvgIpc) is 2.93. The minimum absolute atomic E-state index is 0.0330. The average molecular weight is 342 g/mol.